The Morgan fingerprint density at radius 3 is 1.35 bits per heavy atom. The minimum Gasteiger partial charge on any atom is -0.274 e. The highest BCUT2D eigenvalue weighted by Crippen LogP contribution is 2.13. The third-order valence-corrected chi connectivity index (χ3v) is 3.14. The Bertz CT molecular complexity index is 113. The summed E-state index contributed by atoms with van der Waals surface area (Å²) in [5.41, 5.74) is 0. The second-order valence-corrected chi connectivity index (χ2v) is 5.36. The van der Waals surface area contributed by atoms with Crippen molar-refractivity contribution in [1.29, 1.82) is 0 Å². The molecule has 0 amide bonds. The van der Waals surface area contributed by atoms with Crippen molar-refractivity contribution in [2.24, 2.45) is 17.6 Å². The summed E-state index contributed by atoms with van der Waals surface area (Å²) in [6, 6.07) is 0. The molecule has 0 aliphatic heterocycles. The zero-order chi connectivity index (χ0) is 13.4. The maximum absolute atomic E-state index is 4.00. The Hall–Kier alpha value is -0.0800. The van der Waals surface area contributed by atoms with E-state index in [2.05, 4.69) is 32.5 Å². The van der Waals surface area contributed by atoms with Crippen LogP contribution < -0.4 is 11.7 Å². The molecule has 0 aromatic heterocycles. The summed E-state index contributed by atoms with van der Waals surface area (Å²) in [6.45, 7) is 6.94. The fraction of sp³-hybridized carbons (Fsp3) is 1.00. The van der Waals surface area contributed by atoms with Crippen LogP contribution >= 0.6 is 0 Å². The average molecular weight is 244 g/mol. The van der Waals surface area contributed by atoms with Crippen molar-refractivity contribution in [2.75, 3.05) is 0 Å². The third kappa shape index (κ3) is 21.7. The normalized spacial score (nSPS) is 10.2. The van der Waals surface area contributed by atoms with Gasteiger partial charge in [0.05, 0.1) is 0 Å². The van der Waals surface area contributed by atoms with Crippen LogP contribution in [0.4, 0.5) is 0 Å². The third-order valence-electron chi connectivity index (χ3n) is 3.14. The molecule has 0 radical (unpaired) electrons. The van der Waals surface area contributed by atoms with Crippen LogP contribution in [0.15, 0.2) is 0 Å². The van der Waals surface area contributed by atoms with Crippen molar-refractivity contribution in [3.63, 3.8) is 0 Å². The minimum absolute atomic E-state index is 0.902. The zero-order valence-corrected chi connectivity index (χ0v) is 12.5. The van der Waals surface area contributed by atoms with Crippen molar-refractivity contribution >= 4 is 0 Å². The van der Waals surface area contributed by atoms with Gasteiger partial charge in [0.15, 0.2) is 0 Å². The van der Waals surface area contributed by atoms with Gasteiger partial charge in [0, 0.05) is 0 Å². The predicted molar refractivity (Wildman–Crippen MR) is 79.7 cm³/mol. The summed E-state index contributed by atoms with van der Waals surface area (Å²) in [5.74, 6) is 8.90. The van der Waals surface area contributed by atoms with Gasteiger partial charge in [0.1, 0.15) is 0 Å². The van der Waals surface area contributed by atoms with E-state index in [0.29, 0.717) is 0 Å². The van der Waals surface area contributed by atoms with Gasteiger partial charge in [-0.3, -0.25) is 11.7 Å². The second-order valence-electron chi connectivity index (χ2n) is 5.36. The molecule has 0 aromatic rings. The van der Waals surface area contributed by atoms with Crippen molar-refractivity contribution in [1.82, 2.24) is 0 Å². The molecular formula is C15H36N2. The summed E-state index contributed by atoms with van der Waals surface area (Å²) in [5, 5.41) is 0. The van der Waals surface area contributed by atoms with Crippen LogP contribution in [0.1, 0.15) is 91.4 Å². The van der Waals surface area contributed by atoms with Gasteiger partial charge in [-0.1, -0.05) is 91.4 Å². The van der Waals surface area contributed by atoms with Crippen molar-refractivity contribution in [3.05, 3.63) is 0 Å². The maximum atomic E-state index is 4.00. The monoisotopic (exact) mass is 244 g/mol. The highest BCUT2D eigenvalue weighted by molar-refractivity contribution is 4.49. The average Bonchev–Trinajstić information content (AvgIpc) is 2.34. The molecule has 0 saturated carbocycles. The molecule has 2 heteroatoms. The molecule has 2 nitrogen and oxygen atoms in total. The molecular weight excluding hydrogens is 208 g/mol. The first-order valence-electron chi connectivity index (χ1n) is 7.60. The standard InChI is InChI=1S/C15H32.H4N2/c1-4-5-6-7-8-9-10-11-12-13-14-15(2)3;1-2/h15H,4-14H2,1-3H3;1-2H2. The van der Waals surface area contributed by atoms with Crippen molar-refractivity contribution in [3.8, 4) is 0 Å². The lowest BCUT2D eigenvalue weighted by atomic mass is 10.0. The molecule has 0 heterocycles. The minimum atomic E-state index is 0.902. The van der Waals surface area contributed by atoms with Gasteiger partial charge in [-0.15, -0.1) is 0 Å². The first-order valence-corrected chi connectivity index (χ1v) is 7.60. The Balaban J connectivity index is 0. The first kappa shape index (κ1) is 19.3. The Morgan fingerprint density at radius 2 is 1.00 bits per heavy atom. The number of rotatable bonds is 11. The molecule has 0 atom stereocenters. The van der Waals surface area contributed by atoms with E-state index in [1.165, 1.54) is 70.6 Å². The van der Waals surface area contributed by atoms with Crippen LogP contribution in [0.3, 0.4) is 0 Å². The topological polar surface area (TPSA) is 52.0 Å². The van der Waals surface area contributed by atoms with Gasteiger partial charge in [-0.05, 0) is 5.92 Å². The van der Waals surface area contributed by atoms with Gasteiger partial charge in [-0.2, -0.15) is 0 Å². The summed E-state index contributed by atoms with van der Waals surface area (Å²) < 4.78 is 0. The number of hydrogen-bond donors (Lipinski definition) is 2. The second kappa shape index (κ2) is 18.3. The molecule has 0 aromatic carbocycles. The SMILES string of the molecule is CCCCCCCCCCCCC(C)C.NN. The quantitative estimate of drug-likeness (QED) is 0.312. The molecule has 0 rings (SSSR count). The molecule has 0 aliphatic carbocycles. The fourth-order valence-corrected chi connectivity index (χ4v) is 2.04. The highest BCUT2D eigenvalue weighted by atomic mass is 15.0. The summed E-state index contributed by atoms with van der Waals surface area (Å²) in [6.07, 6.45) is 16.0. The van der Waals surface area contributed by atoms with Crippen LogP contribution in [-0.4, -0.2) is 0 Å². The van der Waals surface area contributed by atoms with E-state index in [-0.39, 0.29) is 0 Å². The van der Waals surface area contributed by atoms with Crippen LogP contribution in [0.25, 0.3) is 0 Å². The van der Waals surface area contributed by atoms with E-state index in [1.807, 2.05) is 0 Å². The van der Waals surface area contributed by atoms with Gasteiger partial charge >= 0.3 is 0 Å². The summed E-state index contributed by atoms with van der Waals surface area (Å²) in [7, 11) is 0. The number of hydrazine groups is 1. The fourth-order valence-electron chi connectivity index (χ4n) is 2.04. The van der Waals surface area contributed by atoms with Gasteiger partial charge in [0.2, 0.25) is 0 Å². The van der Waals surface area contributed by atoms with Gasteiger partial charge in [-0.25, -0.2) is 0 Å². The highest BCUT2D eigenvalue weighted by Gasteiger charge is 1.94. The van der Waals surface area contributed by atoms with E-state index in [0.717, 1.165) is 5.92 Å². The van der Waals surface area contributed by atoms with E-state index in [1.54, 1.807) is 0 Å². The number of unbranched alkanes of at least 4 members (excludes halogenated alkanes) is 9. The van der Waals surface area contributed by atoms with Gasteiger partial charge < -0.3 is 0 Å². The number of hydrogen-bond acceptors (Lipinski definition) is 2. The molecule has 0 unspecified atom stereocenters. The van der Waals surface area contributed by atoms with E-state index >= 15 is 0 Å². The first-order chi connectivity index (χ1) is 8.27. The molecule has 0 bridgehead atoms. The number of nitrogens with two attached hydrogens (primary N) is 2. The van der Waals surface area contributed by atoms with E-state index in [9.17, 15) is 0 Å². The molecule has 17 heavy (non-hydrogen) atoms. The smallest absolute Gasteiger partial charge is 0.0471 e. The summed E-state index contributed by atoms with van der Waals surface area (Å²) >= 11 is 0. The van der Waals surface area contributed by atoms with Crippen molar-refractivity contribution in [2.45, 2.75) is 91.4 Å². The lowest BCUT2D eigenvalue weighted by Gasteiger charge is -2.04. The van der Waals surface area contributed by atoms with E-state index in [4.69, 9.17) is 0 Å². The maximum Gasteiger partial charge on any atom is -0.0471 e. The Kier molecular flexibility index (Phi) is 20.7. The van der Waals surface area contributed by atoms with Crippen LogP contribution in [0.2, 0.25) is 0 Å². The lowest BCUT2D eigenvalue weighted by Crippen LogP contribution is -2.02. The molecule has 0 spiro atoms. The van der Waals surface area contributed by atoms with E-state index < -0.39 is 0 Å². The van der Waals surface area contributed by atoms with Crippen LogP contribution in [-0.2, 0) is 0 Å². The Labute approximate surface area is 110 Å². The summed E-state index contributed by atoms with van der Waals surface area (Å²) in [4.78, 5) is 0. The Morgan fingerprint density at radius 1 is 0.647 bits per heavy atom. The lowest BCUT2D eigenvalue weighted by molar-refractivity contribution is 0.505. The molecule has 0 fully saturated rings. The molecule has 4 N–H and O–H groups in total. The molecule has 0 aliphatic rings. The zero-order valence-electron chi connectivity index (χ0n) is 12.5. The van der Waals surface area contributed by atoms with Crippen LogP contribution in [0.5, 0.6) is 0 Å². The van der Waals surface area contributed by atoms with Crippen LogP contribution in [0, 0.1) is 5.92 Å². The van der Waals surface area contributed by atoms with Crippen molar-refractivity contribution < 1.29 is 0 Å². The van der Waals surface area contributed by atoms with Gasteiger partial charge in [0.25, 0.3) is 0 Å². The molecule has 106 valence electrons. The largest absolute Gasteiger partial charge is 0.274 e. The molecule has 0 saturated heterocycles. The predicted octanol–water partition coefficient (Wildman–Crippen LogP) is 4.77.